The molecule has 3 aromatic carbocycles. The van der Waals surface area contributed by atoms with E-state index in [0.29, 0.717) is 27.7 Å². The highest BCUT2D eigenvalue weighted by atomic mass is 32.2. The average molecular weight is 677 g/mol. The summed E-state index contributed by atoms with van der Waals surface area (Å²) in [6.45, 7) is 10.6. The van der Waals surface area contributed by atoms with Gasteiger partial charge in [-0.1, -0.05) is 74.9 Å². The van der Waals surface area contributed by atoms with Gasteiger partial charge < -0.3 is 16.0 Å². The Morgan fingerprint density at radius 3 is 2.46 bits per heavy atom. The van der Waals surface area contributed by atoms with Crippen LogP contribution in [-0.4, -0.2) is 23.0 Å². The van der Waals surface area contributed by atoms with Crippen molar-refractivity contribution < 1.29 is 14.4 Å². The summed E-state index contributed by atoms with van der Waals surface area (Å²) in [4.78, 5) is 41.9. The normalized spacial score (nSPS) is 15.1. The van der Waals surface area contributed by atoms with E-state index in [1.807, 2.05) is 56.3 Å². The molecular weight excluding hydrogens is 637 g/mol. The van der Waals surface area contributed by atoms with Crippen LogP contribution in [-0.2, 0) is 22.4 Å². The zero-order valence-electron chi connectivity index (χ0n) is 27.8. The summed E-state index contributed by atoms with van der Waals surface area (Å²) >= 11 is 2.89. The molecule has 9 heteroatoms. The Labute approximate surface area is 290 Å². The first-order chi connectivity index (χ1) is 22.9. The molecule has 0 saturated carbocycles. The maximum Gasteiger partial charge on any atom is 0.272 e. The molecule has 0 spiro atoms. The molecule has 3 amide bonds. The topological polar surface area (TPSA) is 111 Å². The molecule has 0 radical (unpaired) electrons. The summed E-state index contributed by atoms with van der Waals surface area (Å²) in [5.41, 5.74) is 4.71. The largest absolute Gasteiger partial charge is 0.321 e. The smallest absolute Gasteiger partial charge is 0.272 e. The third-order valence-electron chi connectivity index (χ3n) is 8.49. The second kappa shape index (κ2) is 15.1. The number of benzene rings is 3. The Balaban J connectivity index is 1.27. The maximum absolute atomic E-state index is 13.5. The van der Waals surface area contributed by atoms with E-state index >= 15 is 0 Å². The van der Waals surface area contributed by atoms with E-state index in [4.69, 9.17) is 0 Å². The molecule has 5 rings (SSSR count). The molecule has 1 aliphatic rings. The van der Waals surface area contributed by atoms with Crippen LogP contribution in [0.5, 0.6) is 0 Å². The van der Waals surface area contributed by atoms with Gasteiger partial charge >= 0.3 is 0 Å². The van der Waals surface area contributed by atoms with Gasteiger partial charge in [0.2, 0.25) is 5.91 Å². The molecular formula is C39H40N4O3S2. The first-order valence-corrected chi connectivity index (χ1v) is 17.7. The molecule has 1 aliphatic carbocycles. The Morgan fingerprint density at radius 2 is 1.75 bits per heavy atom. The summed E-state index contributed by atoms with van der Waals surface area (Å²) < 4.78 is 0. The predicted molar refractivity (Wildman–Crippen MR) is 196 cm³/mol. The number of hydrogen-bond acceptors (Lipinski definition) is 6. The lowest BCUT2D eigenvalue weighted by molar-refractivity contribution is -0.115. The Kier molecular flexibility index (Phi) is 10.9. The molecule has 246 valence electrons. The van der Waals surface area contributed by atoms with Gasteiger partial charge in [0.1, 0.15) is 16.8 Å². The molecule has 1 heterocycles. The minimum atomic E-state index is -0.479. The number of aryl methyl sites for hydroxylation is 1. The second-order valence-electron chi connectivity index (χ2n) is 13.1. The summed E-state index contributed by atoms with van der Waals surface area (Å²) in [7, 11) is 0. The van der Waals surface area contributed by atoms with Crippen LogP contribution in [0.1, 0.15) is 71.6 Å². The van der Waals surface area contributed by atoms with E-state index in [9.17, 15) is 19.6 Å². The van der Waals surface area contributed by atoms with E-state index in [0.717, 1.165) is 40.8 Å². The van der Waals surface area contributed by atoms with Gasteiger partial charge in [-0.25, -0.2) is 0 Å². The minimum Gasteiger partial charge on any atom is -0.321 e. The number of thioether (sulfide) groups is 1. The van der Waals surface area contributed by atoms with Gasteiger partial charge in [-0.05, 0) is 92.0 Å². The summed E-state index contributed by atoms with van der Waals surface area (Å²) in [5, 5.41) is 18.8. The summed E-state index contributed by atoms with van der Waals surface area (Å²) in [6.07, 6.45) is 4.47. The van der Waals surface area contributed by atoms with Crippen LogP contribution in [0.15, 0.2) is 89.5 Å². The van der Waals surface area contributed by atoms with Crippen molar-refractivity contribution in [2.45, 2.75) is 64.0 Å². The highest BCUT2D eigenvalue weighted by Gasteiger charge is 2.32. The number of carbonyl (C=O) groups excluding carboxylic acids is 3. The molecule has 0 aliphatic heterocycles. The second-order valence-corrected chi connectivity index (χ2v) is 15.7. The molecule has 4 aromatic rings. The van der Waals surface area contributed by atoms with Gasteiger partial charge in [0.25, 0.3) is 11.8 Å². The zero-order chi connectivity index (χ0) is 34.4. The van der Waals surface area contributed by atoms with E-state index in [1.54, 1.807) is 42.5 Å². The van der Waals surface area contributed by atoms with Gasteiger partial charge in [0.05, 0.1) is 10.8 Å². The highest BCUT2D eigenvalue weighted by Crippen LogP contribution is 2.44. The fourth-order valence-corrected chi connectivity index (χ4v) is 7.92. The van der Waals surface area contributed by atoms with Crippen LogP contribution in [0.25, 0.3) is 6.08 Å². The predicted octanol–water partition coefficient (Wildman–Crippen LogP) is 8.61. The monoisotopic (exact) mass is 676 g/mol. The first kappa shape index (κ1) is 34.7. The van der Waals surface area contributed by atoms with Gasteiger partial charge in [-0.15, -0.1) is 23.1 Å². The molecule has 48 heavy (non-hydrogen) atoms. The molecule has 0 saturated heterocycles. The minimum absolute atomic E-state index is 0.0982. The van der Waals surface area contributed by atoms with Gasteiger partial charge in [-0.3, -0.25) is 14.4 Å². The van der Waals surface area contributed by atoms with Crippen molar-refractivity contribution in [3.05, 3.63) is 117 Å². The number of thiophene rings is 1. The van der Waals surface area contributed by atoms with Crippen LogP contribution in [0.4, 0.5) is 10.7 Å². The molecule has 1 aromatic heterocycles. The van der Waals surface area contributed by atoms with E-state index < -0.39 is 17.1 Å². The van der Waals surface area contributed by atoms with Crippen LogP contribution in [0, 0.1) is 29.6 Å². The molecule has 3 N–H and O–H groups in total. The molecule has 0 bridgehead atoms. The number of nitrogens with zero attached hydrogens (tertiary/aromatic N) is 1. The summed E-state index contributed by atoms with van der Waals surface area (Å²) in [5.74, 6) is -0.527. The van der Waals surface area contributed by atoms with Crippen molar-refractivity contribution in [3.63, 3.8) is 0 Å². The van der Waals surface area contributed by atoms with E-state index in [-0.39, 0.29) is 17.0 Å². The van der Waals surface area contributed by atoms with Crippen LogP contribution < -0.4 is 16.0 Å². The Bertz CT molecular complexity index is 1900. The van der Waals surface area contributed by atoms with Crippen molar-refractivity contribution >= 4 is 57.6 Å². The fourth-order valence-electron chi connectivity index (χ4n) is 5.72. The number of anilines is 2. The first-order valence-electron chi connectivity index (χ1n) is 16.0. The lowest BCUT2D eigenvalue weighted by Gasteiger charge is -2.33. The standard InChI is InChI=1S/C39H40N4O3S2/c1-24-11-9-12-26(19-24)20-33(42-36(45)27-13-7-6-8-14-27)37(46)41-29-15-10-16-30(22-29)47-25(2)35(44)43-38-32(23-40)31-18-17-28(39(3,4)5)21-34(31)48-38/h6-16,19-20,22,25,28H,17-18,21H2,1-5H3,(H,41,46)(H,42,45)(H,43,44)/b33-20+. The molecule has 2 atom stereocenters. The summed E-state index contributed by atoms with van der Waals surface area (Å²) in [6, 6.07) is 26.0. The van der Waals surface area contributed by atoms with Crippen molar-refractivity contribution in [2.75, 3.05) is 10.6 Å². The van der Waals surface area contributed by atoms with Gasteiger partial charge in [0, 0.05) is 21.0 Å². The Hall–Kier alpha value is -4.65. The number of fused-ring (bicyclic) bond motifs is 1. The fraction of sp³-hybridized carbons (Fsp3) is 0.282. The average Bonchev–Trinajstić information content (AvgIpc) is 3.40. The van der Waals surface area contributed by atoms with E-state index in [1.165, 1.54) is 28.0 Å². The van der Waals surface area contributed by atoms with Crippen molar-refractivity contribution in [1.29, 1.82) is 5.26 Å². The van der Waals surface area contributed by atoms with Crippen molar-refractivity contribution in [2.24, 2.45) is 11.3 Å². The van der Waals surface area contributed by atoms with Gasteiger partial charge in [0.15, 0.2) is 0 Å². The number of nitrogens with one attached hydrogen (secondary N) is 3. The van der Waals surface area contributed by atoms with Crippen molar-refractivity contribution in [3.8, 4) is 6.07 Å². The molecule has 7 nitrogen and oxygen atoms in total. The lowest BCUT2D eigenvalue weighted by atomic mass is 9.72. The van der Waals surface area contributed by atoms with Crippen molar-refractivity contribution in [1.82, 2.24) is 5.32 Å². The maximum atomic E-state index is 13.5. The number of amides is 3. The number of carbonyl (C=O) groups is 3. The number of nitriles is 1. The van der Waals surface area contributed by atoms with Crippen LogP contribution >= 0.6 is 23.1 Å². The highest BCUT2D eigenvalue weighted by molar-refractivity contribution is 8.00. The molecule has 2 unspecified atom stereocenters. The van der Waals surface area contributed by atoms with Crippen LogP contribution in [0.2, 0.25) is 0 Å². The third kappa shape index (κ3) is 8.62. The number of rotatable bonds is 9. The number of hydrogen-bond donors (Lipinski definition) is 3. The quantitative estimate of drug-likeness (QED) is 0.121. The van der Waals surface area contributed by atoms with Crippen LogP contribution in [0.3, 0.4) is 0 Å². The Morgan fingerprint density at radius 1 is 1.00 bits per heavy atom. The van der Waals surface area contributed by atoms with E-state index in [2.05, 4.69) is 42.8 Å². The van der Waals surface area contributed by atoms with Gasteiger partial charge in [-0.2, -0.15) is 5.26 Å². The molecule has 0 fully saturated rings. The lowest BCUT2D eigenvalue weighted by Crippen LogP contribution is -2.30. The zero-order valence-corrected chi connectivity index (χ0v) is 29.5. The SMILES string of the molecule is Cc1cccc(/C=C(/NC(=O)c2ccccc2)C(=O)Nc2cccc(SC(C)C(=O)Nc3sc4c(c3C#N)CCC(C(C)(C)C)C4)c2)c1. The third-order valence-corrected chi connectivity index (χ3v) is 10.8.